The first-order chi connectivity index (χ1) is 11.7. The van der Waals surface area contributed by atoms with E-state index in [-0.39, 0.29) is 35.4 Å². The lowest BCUT2D eigenvalue weighted by atomic mass is 10.2. The van der Waals surface area contributed by atoms with Crippen molar-refractivity contribution in [3.05, 3.63) is 23.8 Å². The summed E-state index contributed by atoms with van der Waals surface area (Å²) in [4.78, 5) is 21.3. The molecule has 0 saturated heterocycles. The standard InChI is InChI=1S/C15H20N2O7S/c1-10(18)16-6-7-17-25(21,22)13-9-11(4-5-14(19)20)8-12(23-2)15(13)24-3/h4-5,8-9,17H,6-7H2,1-3H3,(H,16,18)(H,19,20)/b5-4-. The maximum Gasteiger partial charge on any atom is 0.328 e. The zero-order chi connectivity index (χ0) is 19.0. The summed E-state index contributed by atoms with van der Waals surface area (Å²) in [6, 6.07) is 2.72. The smallest absolute Gasteiger partial charge is 0.328 e. The Morgan fingerprint density at radius 3 is 2.40 bits per heavy atom. The summed E-state index contributed by atoms with van der Waals surface area (Å²) < 4.78 is 37.6. The highest BCUT2D eigenvalue weighted by molar-refractivity contribution is 7.89. The van der Waals surface area contributed by atoms with Crippen LogP contribution in [0.4, 0.5) is 0 Å². The van der Waals surface area contributed by atoms with E-state index in [1.165, 1.54) is 39.4 Å². The third-order valence-electron chi connectivity index (χ3n) is 2.97. The number of hydrogen-bond donors (Lipinski definition) is 3. The van der Waals surface area contributed by atoms with Gasteiger partial charge in [-0.3, -0.25) is 4.79 Å². The van der Waals surface area contributed by atoms with E-state index < -0.39 is 16.0 Å². The molecule has 25 heavy (non-hydrogen) atoms. The van der Waals surface area contributed by atoms with Crippen molar-refractivity contribution in [3.8, 4) is 11.5 Å². The van der Waals surface area contributed by atoms with Crippen molar-refractivity contribution in [2.75, 3.05) is 27.3 Å². The molecule has 0 unspecified atom stereocenters. The Bertz CT molecular complexity index is 772. The van der Waals surface area contributed by atoms with Crippen molar-refractivity contribution in [2.24, 2.45) is 0 Å². The zero-order valence-electron chi connectivity index (χ0n) is 14.0. The van der Waals surface area contributed by atoms with Crippen LogP contribution >= 0.6 is 0 Å². The number of carbonyl (C=O) groups is 2. The molecule has 138 valence electrons. The van der Waals surface area contributed by atoms with Crippen LogP contribution < -0.4 is 19.5 Å². The number of carboxylic acid groups (broad SMARTS) is 1. The van der Waals surface area contributed by atoms with Gasteiger partial charge in [0.15, 0.2) is 11.5 Å². The second-order valence-corrected chi connectivity index (χ2v) is 6.54. The van der Waals surface area contributed by atoms with Gasteiger partial charge in [0.1, 0.15) is 4.90 Å². The highest BCUT2D eigenvalue weighted by atomic mass is 32.2. The Hall–Kier alpha value is -2.59. The molecule has 0 spiro atoms. The first-order valence-corrected chi connectivity index (χ1v) is 8.60. The average Bonchev–Trinajstić information content (AvgIpc) is 2.55. The van der Waals surface area contributed by atoms with Gasteiger partial charge in [0.05, 0.1) is 14.2 Å². The summed E-state index contributed by atoms with van der Waals surface area (Å²) in [6.07, 6.45) is 2.11. The molecule has 0 bridgehead atoms. The van der Waals surface area contributed by atoms with E-state index in [1.807, 2.05) is 0 Å². The summed E-state index contributed by atoms with van der Waals surface area (Å²) in [5.41, 5.74) is 0.308. The molecule has 10 heteroatoms. The van der Waals surface area contributed by atoms with Gasteiger partial charge in [0.25, 0.3) is 0 Å². The molecule has 3 N–H and O–H groups in total. The summed E-state index contributed by atoms with van der Waals surface area (Å²) >= 11 is 0. The molecule has 0 radical (unpaired) electrons. The van der Waals surface area contributed by atoms with Crippen LogP contribution in [-0.4, -0.2) is 52.7 Å². The fraction of sp³-hybridized carbons (Fsp3) is 0.333. The van der Waals surface area contributed by atoms with Gasteiger partial charge in [-0.25, -0.2) is 17.9 Å². The van der Waals surface area contributed by atoms with Crippen molar-refractivity contribution in [1.82, 2.24) is 10.0 Å². The number of amides is 1. The van der Waals surface area contributed by atoms with Gasteiger partial charge in [0.2, 0.25) is 15.9 Å². The molecule has 0 atom stereocenters. The summed E-state index contributed by atoms with van der Waals surface area (Å²) in [6.45, 7) is 1.41. The lowest BCUT2D eigenvalue weighted by molar-refractivity contribution is -0.131. The van der Waals surface area contributed by atoms with Crippen molar-refractivity contribution in [1.29, 1.82) is 0 Å². The topological polar surface area (TPSA) is 131 Å². The van der Waals surface area contributed by atoms with Crippen LogP contribution in [0.15, 0.2) is 23.1 Å². The number of hydrogen-bond acceptors (Lipinski definition) is 6. The SMILES string of the molecule is COc1cc(/C=C\C(=O)O)cc(S(=O)(=O)NCCNC(C)=O)c1OC. The highest BCUT2D eigenvalue weighted by Gasteiger charge is 2.23. The van der Waals surface area contributed by atoms with E-state index in [0.29, 0.717) is 5.56 Å². The maximum absolute atomic E-state index is 12.5. The van der Waals surface area contributed by atoms with E-state index in [1.54, 1.807) is 0 Å². The predicted molar refractivity (Wildman–Crippen MR) is 90.1 cm³/mol. The first kappa shape index (κ1) is 20.5. The molecule has 1 aromatic rings. The second-order valence-electron chi connectivity index (χ2n) is 4.81. The number of benzene rings is 1. The van der Waals surface area contributed by atoms with Gasteiger partial charge in [0, 0.05) is 26.1 Å². The predicted octanol–water partition coefficient (Wildman–Crippen LogP) is 0.216. The summed E-state index contributed by atoms with van der Waals surface area (Å²) in [5.74, 6) is -1.33. The van der Waals surface area contributed by atoms with Crippen LogP contribution in [0.2, 0.25) is 0 Å². The Kier molecular flexibility index (Phi) is 7.40. The third-order valence-corrected chi connectivity index (χ3v) is 4.43. The molecule has 0 aliphatic heterocycles. The Balaban J connectivity index is 3.22. The second kappa shape index (κ2) is 9.04. The van der Waals surface area contributed by atoms with Crippen LogP contribution in [-0.2, 0) is 19.6 Å². The Morgan fingerprint density at radius 1 is 1.20 bits per heavy atom. The van der Waals surface area contributed by atoms with Crippen molar-refractivity contribution < 1.29 is 32.6 Å². The molecule has 1 amide bonds. The number of rotatable bonds is 9. The van der Waals surface area contributed by atoms with Crippen LogP contribution in [0, 0.1) is 0 Å². The van der Waals surface area contributed by atoms with E-state index in [2.05, 4.69) is 10.0 Å². The number of carbonyl (C=O) groups excluding carboxylic acids is 1. The van der Waals surface area contributed by atoms with Crippen LogP contribution in [0.25, 0.3) is 6.08 Å². The average molecular weight is 372 g/mol. The van der Waals surface area contributed by atoms with Gasteiger partial charge in [-0.15, -0.1) is 0 Å². The maximum atomic E-state index is 12.5. The Morgan fingerprint density at radius 2 is 1.88 bits per heavy atom. The molecule has 0 aliphatic carbocycles. The molecule has 9 nitrogen and oxygen atoms in total. The fourth-order valence-electron chi connectivity index (χ4n) is 1.91. The number of sulfonamides is 1. The zero-order valence-corrected chi connectivity index (χ0v) is 14.8. The normalized spacial score (nSPS) is 11.3. The minimum absolute atomic E-state index is 0.0120. The van der Waals surface area contributed by atoms with E-state index >= 15 is 0 Å². The van der Waals surface area contributed by atoms with Gasteiger partial charge in [-0.05, 0) is 23.8 Å². The molecule has 0 aliphatic rings. The van der Waals surface area contributed by atoms with Gasteiger partial charge in [-0.2, -0.15) is 0 Å². The molecule has 0 fully saturated rings. The summed E-state index contributed by atoms with van der Waals surface area (Å²) in [5, 5.41) is 11.2. The van der Waals surface area contributed by atoms with E-state index in [4.69, 9.17) is 14.6 Å². The quantitative estimate of drug-likeness (QED) is 0.417. The number of nitrogens with one attached hydrogen (secondary N) is 2. The molecule has 0 aromatic heterocycles. The van der Waals surface area contributed by atoms with Crippen molar-refractivity contribution in [2.45, 2.75) is 11.8 Å². The molecular formula is C15H20N2O7S. The largest absolute Gasteiger partial charge is 0.493 e. The summed E-state index contributed by atoms with van der Waals surface area (Å²) in [7, 11) is -1.35. The first-order valence-electron chi connectivity index (χ1n) is 7.12. The number of aliphatic carboxylic acids is 1. The molecular weight excluding hydrogens is 352 g/mol. The van der Waals surface area contributed by atoms with Crippen molar-refractivity contribution >= 4 is 28.0 Å². The van der Waals surface area contributed by atoms with E-state index in [0.717, 1.165) is 6.08 Å². The fourth-order valence-corrected chi connectivity index (χ4v) is 3.16. The lowest BCUT2D eigenvalue weighted by Crippen LogP contribution is -2.33. The molecule has 1 aromatic carbocycles. The van der Waals surface area contributed by atoms with Gasteiger partial charge in [-0.1, -0.05) is 0 Å². The van der Waals surface area contributed by atoms with Crippen LogP contribution in [0.5, 0.6) is 11.5 Å². The van der Waals surface area contributed by atoms with E-state index in [9.17, 15) is 18.0 Å². The number of methoxy groups -OCH3 is 2. The lowest BCUT2D eigenvalue weighted by Gasteiger charge is -2.15. The Labute approximate surface area is 145 Å². The molecule has 0 saturated carbocycles. The van der Waals surface area contributed by atoms with Crippen LogP contribution in [0.3, 0.4) is 0 Å². The minimum atomic E-state index is -3.98. The van der Waals surface area contributed by atoms with Crippen LogP contribution in [0.1, 0.15) is 12.5 Å². The molecule has 0 heterocycles. The monoisotopic (exact) mass is 372 g/mol. The third kappa shape index (κ3) is 6.08. The number of carboxylic acids is 1. The number of ether oxygens (including phenoxy) is 2. The highest BCUT2D eigenvalue weighted by Crippen LogP contribution is 2.35. The van der Waals surface area contributed by atoms with Crippen molar-refractivity contribution in [3.63, 3.8) is 0 Å². The van der Waals surface area contributed by atoms with Gasteiger partial charge >= 0.3 is 5.97 Å². The van der Waals surface area contributed by atoms with Gasteiger partial charge < -0.3 is 19.9 Å². The molecule has 1 rings (SSSR count). The minimum Gasteiger partial charge on any atom is -0.493 e.